The van der Waals surface area contributed by atoms with Crippen molar-refractivity contribution in [3.05, 3.63) is 0 Å². The van der Waals surface area contributed by atoms with E-state index in [-0.39, 0.29) is 64.7 Å². The van der Waals surface area contributed by atoms with Crippen LogP contribution in [0.1, 0.15) is 78.6 Å². The molecule has 5 heteroatoms. The van der Waals surface area contributed by atoms with Crippen LogP contribution in [0, 0.1) is 46.3 Å². The fraction of sp³-hybridized carbons (Fsp3) is 0.833. The van der Waals surface area contributed by atoms with E-state index in [1.54, 1.807) is 0 Å². The molecule has 4 nitrogen and oxygen atoms in total. The minimum atomic E-state index is -1.29. The number of hydrogen-bond acceptors (Lipinski definition) is 4. The zero-order valence-electron chi connectivity index (χ0n) is 17.8. The van der Waals surface area contributed by atoms with Crippen LogP contribution in [-0.2, 0) is 19.2 Å². The Balaban J connectivity index is 1.63. The molecular weight excluding hydrogens is 371 g/mol. The normalized spacial score (nSPS) is 45.4. The Hall–Kier alpha value is -1.39. The molecular formula is C24H33FO4. The van der Waals surface area contributed by atoms with Crippen molar-refractivity contribution in [2.45, 2.75) is 78.6 Å². The van der Waals surface area contributed by atoms with Crippen LogP contribution in [0.4, 0.5) is 4.39 Å². The number of ketones is 3. The Morgan fingerprint density at radius 2 is 1.83 bits per heavy atom. The summed E-state index contributed by atoms with van der Waals surface area (Å²) in [5, 5.41) is 0. The van der Waals surface area contributed by atoms with Crippen molar-refractivity contribution in [3.8, 4) is 0 Å². The average Bonchev–Trinajstić information content (AvgIpc) is 3.01. The molecule has 0 heterocycles. The molecule has 0 N–H and O–H groups in total. The van der Waals surface area contributed by atoms with Gasteiger partial charge < -0.3 is 0 Å². The molecule has 0 spiro atoms. The van der Waals surface area contributed by atoms with Crippen LogP contribution in [0.3, 0.4) is 0 Å². The molecule has 0 bridgehead atoms. The fourth-order valence-electron chi connectivity index (χ4n) is 7.93. The van der Waals surface area contributed by atoms with Gasteiger partial charge in [0.05, 0.1) is 0 Å². The molecule has 160 valence electrons. The summed E-state index contributed by atoms with van der Waals surface area (Å²) in [6.45, 7) is 6.27. The maximum absolute atomic E-state index is 13.6. The molecule has 0 amide bonds. The molecule has 29 heavy (non-hydrogen) atoms. The standard InChI is InChI=1S/C24H33FO4/c1-13(4-7-21(25)29)16-5-6-17-22-18(12-20(28)24(16,17)3)23(2)9-8-15(26)10-14(23)11-19(22)27/h13-14,16-18,22H,4-12H2,1-3H3/t13-,14?,16-,17+,18+,22+,23+,24-/m1/s1. The van der Waals surface area contributed by atoms with Crippen molar-refractivity contribution in [3.63, 3.8) is 0 Å². The number of Topliss-reactive ketones (excluding diaryl/α,β-unsaturated/α-hetero) is 3. The molecule has 4 aliphatic rings. The second-order valence-corrected chi connectivity index (χ2v) is 10.8. The Kier molecular flexibility index (Phi) is 5.10. The lowest BCUT2D eigenvalue weighted by Gasteiger charge is -2.58. The topological polar surface area (TPSA) is 68.3 Å². The smallest absolute Gasteiger partial charge is 0.300 e. The van der Waals surface area contributed by atoms with Crippen molar-refractivity contribution in [1.82, 2.24) is 0 Å². The summed E-state index contributed by atoms with van der Waals surface area (Å²) in [5.74, 6) is 1.03. The minimum absolute atomic E-state index is 0.0465. The van der Waals surface area contributed by atoms with Gasteiger partial charge in [0.2, 0.25) is 0 Å². The zero-order chi connectivity index (χ0) is 21.1. The van der Waals surface area contributed by atoms with Crippen molar-refractivity contribution in [1.29, 1.82) is 0 Å². The van der Waals surface area contributed by atoms with E-state index in [2.05, 4.69) is 6.92 Å². The summed E-state index contributed by atoms with van der Waals surface area (Å²) in [4.78, 5) is 49.7. The Bertz CT molecular complexity index is 760. The predicted octanol–water partition coefficient (Wildman–Crippen LogP) is 4.48. The molecule has 4 saturated carbocycles. The van der Waals surface area contributed by atoms with E-state index in [9.17, 15) is 23.6 Å². The lowest BCUT2D eigenvalue weighted by Crippen LogP contribution is -2.60. The summed E-state index contributed by atoms with van der Waals surface area (Å²) < 4.78 is 12.8. The van der Waals surface area contributed by atoms with Gasteiger partial charge in [-0.1, -0.05) is 20.8 Å². The fourth-order valence-corrected chi connectivity index (χ4v) is 7.93. The Morgan fingerprint density at radius 1 is 1.10 bits per heavy atom. The number of fused-ring (bicyclic) bond motifs is 5. The summed E-state index contributed by atoms with van der Waals surface area (Å²) >= 11 is 0. The van der Waals surface area contributed by atoms with Crippen LogP contribution in [-0.4, -0.2) is 23.4 Å². The van der Waals surface area contributed by atoms with Crippen LogP contribution >= 0.6 is 0 Å². The molecule has 4 fully saturated rings. The Morgan fingerprint density at radius 3 is 2.52 bits per heavy atom. The number of halogens is 1. The van der Waals surface area contributed by atoms with Crippen LogP contribution in [0.5, 0.6) is 0 Å². The molecule has 4 rings (SSSR count). The second-order valence-electron chi connectivity index (χ2n) is 10.8. The first-order chi connectivity index (χ1) is 13.6. The molecule has 0 aliphatic heterocycles. The van der Waals surface area contributed by atoms with Gasteiger partial charge in [0.25, 0.3) is 0 Å². The lowest BCUT2D eigenvalue weighted by atomic mass is 9.44. The first kappa shape index (κ1) is 20.9. The lowest BCUT2D eigenvalue weighted by molar-refractivity contribution is -0.166. The molecule has 1 unspecified atom stereocenters. The van der Waals surface area contributed by atoms with Gasteiger partial charge in [-0.15, -0.1) is 0 Å². The molecule has 0 aromatic carbocycles. The maximum Gasteiger partial charge on any atom is 0.301 e. The van der Waals surface area contributed by atoms with Crippen LogP contribution in [0.2, 0.25) is 0 Å². The molecule has 0 radical (unpaired) electrons. The highest BCUT2D eigenvalue weighted by Gasteiger charge is 2.66. The highest BCUT2D eigenvalue weighted by molar-refractivity contribution is 5.93. The van der Waals surface area contributed by atoms with Gasteiger partial charge >= 0.3 is 6.04 Å². The van der Waals surface area contributed by atoms with Crippen LogP contribution < -0.4 is 0 Å². The molecule has 4 aliphatic carbocycles. The van der Waals surface area contributed by atoms with Gasteiger partial charge in [-0.3, -0.25) is 19.2 Å². The van der Waals surface area contributed by atoms with Gasteiger partial charge in [-0.2, -0.15) is 4.39 Å². The minimum Gasteiger partial charge on any atom is -0.300 e. The van der Waals surface area contributed by atoms with Crippen molar-refractivity contribution < 1.29 is 23.6 Å². The summed E-state index contributed by atoms with van der Waals surface area (Å²) in [6, 6.07) is -1.29. The third-order valence-electron chi connectivity index (χ3n) is 9.70. The number of hydrogen-bond donors (Lipinski definition) is 0. The van der Waals surface area contributed by atoms with E-state index in [0.717, 1.165) is 19.3 Å². The molecule has 8 atom stereocenters. The molecule has 0 aromatic rings. The van der Waals surface area contributed by atoms with Crippen LogP contribution in [0.15, 0.2) is 0 Å². The SMILES string of the molecule is C[C@H](CCC(=O)F)[C@H]1CC[C@H]2[C@@H]3C(=O)CC4CC(=O)CC[C@]4(C)[C@H]3CC(=O)[C@]12C. The average molecular weight is 405 g/mol. The molecule has 0 aromatic heterocycles. The van der Waals surface area contributed by atoms with Gasteiger partial charge in [-0.05, 0) is 60.7 Å². The van der Waals surface area contributed by atoms with Gasteiger partial charge in [0.15, 0.2) is 0 Å². The van der Waals surface area contributed by atoms with E-state index in [0.29, 0.717) is 32.1 Å². The van der Waals surface area contributed by atoms with E-state index >= 15 is 0 Å². The first-order valence-electron chi connectivity index (χ1n) is 11.3. The largest absolute Gasteiger partial charge is 0.301 e. The van der Waals surface area contributed by atoms with E-state index < -0.39 is 11.5 Å². The predicted molar refractivity (Wildman–Crippen MR) is 106 cm³/mol. The monoisotopic (exact) mass is 404 g/mol. The van der Waals surface area contributed by atoms with Gasteiger partial charge in [-0.25, -0.2) is 0 Å². The Labute approximate surface area is 172 Å². The van der Waals surface area contributed by atoms with E-state index in [1.165, 1.54) is 0 Å². The van der Waals surface area contributed by atoms with Crippen molar-refractivity contribution in [2.24, 2.45) is 46.3 Å². The van der Waals surface area contributed by atoms with Gasteiger partial charge in [0.1, 0.15) is 17.3 Å². The van der Waals surface area contributed by atoms with Crippen LogP contribution in [0.25, 0.3) is 0 Å². The number of carbonyl (C=O) groups is 4. The van der Waals surface area contributed by atoms with E-state index in [4.69, 9.17) is 0 Å². The summed E-state index contributed by atoms with van der Waals surface area (Å²) in [7, 11) is 0. The van der Waals surface area contributed by atoms with Gasteiger partial charge in [0, 0.05) is 43.4 Å². The second kappa shape index (κ2) is 7.09. The zero-order valence-corrected chi connectivity index (χ0v) is 17.8. The number of carbonyl (C=O) groups excluding carboxylic acids is 4. The first-order valence-corrected chi connectivity index (χ1v) is 11.3. The summed E-state index contributed by atoms with van der Waals surface area (Å²) in [6.07, 6.45) is 4.83. The highest BCUT2D eigenvalue weighted by atomic mass is 19.1. The third kappa shape index (κ3) is 3.06. The summed E-state index contributed by atoms with van der Waals surface area (Å²) in [5.41, 5.74) is -0.656. The number of rotatable bonds is 4. The maximum atomic E-state index is 13.6. The highest BCUT2D eigenvalue weighted by Crippen LogP contribution is 2.66. The quantitative estimate of drug-likeness (QED) is 0.648. The third-order valence-corrected chi connectivity index (χ3v) is 9.70. The molecule has 0 saturated heterocycles. The van der Waals surface area contributed by atoms with Crippen molar-refractivity contribution in [2.75, 3.05) is 0 Å². The van der Waals surface area contributed by atoms with E-state index in [1.807, 2.05) is 13.8 Å². The van der Waals surface area contributed by atoms with Crippen molar-refractivity contribution >= 4 is 23.4 Å².